The van der Waals surface area contributed by atoms with Crippen molar-refractivity contribution in [2.75, 3.05) is 18.0 Å². The van der Waals surface area contributed by atoms with Crippen LogP contribution in [0.1, 0.15) is 28.8 Å². The van der Waals surface area contributed by atoms with Gasteiger partial charge in [0.25, 0.3) is 5.91 Å². The van der Waals surface area contributed by atoms with E-state index in [4.69, 9.17) is 0 Å². The number of carbonyl (C=O) groups excluding carboxylic acids is 3. The summed E-state index contributed by atoms with van der Waals surface area (Å²) < 4.78 is 0. The smallest absolute Gasteiger partial charge is 0.255 e. The highest BCUT2D eigenvalue weighted by molar-refractivity contribution is 6.05. The van der Waals surface area contributed by atoms with Gasteiger partial charge >= 0.3 is 0 Å². The molecule has 3 heterocycles. The fourth-order valence-corrected chi connectivity index (χ4v) is 3.41. The molecule has 0 saturated carbocycles. The van der Waals surface area contributed by atoms with E-state index in [1.807, 2.05) is 23.1 Å². The molecule has 1 unspecified atom stereocenters. The number of amides is 3. The lowest BCUT2D eigenvalue weighted by Crippen LogP contribution is -2.52. The van der Waals surface area contributed by atoms with E-state index < -0.39 is 11.9 Å². The van der Waals surface area contributed by atoms with Gasteiger partial charge in [-0.2, -0.15) is 0 Å². The predicted molar refractivity (Wildman–Crippen MR) is 80.7 cm³/mol. The molecule has 0 aromatic heterocycles. The first kappa shape index (κ1) is 14.2. The zero-order valence-electron chi connectivity index (χ0n) is 12.5. The van der Waals surface area contributed by atoms with Crippen molar-refractivity contribution in [3.63, 3.8) is 0 Å². The second-order valence-corrected chi connectivity index (χ2v) is 6.30. The van der Waals surface area contributed by atoms with E-state index in [1.165, 1.54) is 0 Å². The summed E-state index contributed by atoms with van der Waals surface area (Å²) in [6, 6.07) is 5.09. The fourth-order valence-electron chi connectivity index (χ4n) is 3.41. The van der Waals surface area contributed by atoms with Gasteiger partial charge in [0.1, 0.15) is 6.04 Å². The molecule has 0 spiro atoms. The molecular formula is C16H17N3O4. The van der Waals surface area contributed by atoms with Gasteiger partial charge in [0.15, 0.2) is 0 Å². The van der Waals surface area contributed by atoms with Crippen LogP contribution in [0.25, 0.3) is 0 Å². The summed E-state index contributed by atoms with van der Waals surface area (Å²) in [6.07, 6.45) is 0.321. The number of rotatable bonds is 2. The van der Waals surface area contributed by atoms with Crippen LogP contribution in [-0.2, 0) is 16.1 Å². The quantitative estimate of drug-likeness (QED) is 0.727. The molecule has 2 saturated heterocycles. The third kappa shape index (κ3) is 2.28. The van der Waals surface area contributed by atoms with E-state index in [2.05, 4.69) is 5.32 Å². The first-order valence-electron chi connectivity index (χ1n) is 7.73. The molecule has 0 bridgehead atoms. The van der Waals surface area contributed by atoms with Crippen molar-refractivity contribution >= 4 is 23.4 Å². The Hall–Kier alpha value is -2.41. The number of anilines is 1. The van der Waals surface area contributed by atoms with E-state index >= 15 is 0 Å². The fraction of sp³-hybridized carbons (Fsp3) is 0.438. The van der Waals surface area contributed by atoms with Crippen molar-refractivity contribution in [3.05, 3.63) is 29.3 Å². The lowest BCUT2D eigenvalue weighted by molar-refractivity contribution is -0.136. The second kappa shape index (κ2) is 5.06. The molecule has 1 aromatic rings. The monoisotopic (exact) mass is 315 g/mol. The maximum atomic E-state index is 12.7. The van der Waals surface area contributed by atoms with Gasteiger partial charge < -0.3 is 14.9 Å². The van der Waals surface area contributed by atoms with Gasteiger partial charge in [0.05, 0.1) is 6.10 Å². The van der Waals surface area contributed by atoms with Gasteiger partial charge in [-0.25, -0.2) is 0 Å². The number of piperidine rings is 1. The summed E-state index contributed by atoms with van der Waals surface area (Å²) in [4.78, 5) is 39.5. The van der Waals surface area contributed by atoms with E-state index in [-0.39, 0.29) is 24.3 Å². The number of benzene rings is 1. The Kier molecular flexibility index (Phi) is 3.12. The molecule has 2 fully saturated rings. The molecule has 0 radical (unpaired) electrons. The van der Waals surface area contributed by atoms with Crippen molar-refractivity contribution in [2.45, 2.75) is 31.5 Å². The molecule has 2 N–H and O–H groups in total. The number of aliphatic hydroxyl groups is 1. The lowest BCUT2D eigenvalue weighted by Gasteiger charge is -2.38. The minimum absolute atomic E-state index is 0.169. The Labute approximate surface area is 132 Å². The van der Waals surface area contributed by atoms with E-state index in [0.717, 1.165) is 11.3 Å². The highest BCUT2D eigenvalue weighted by atomic mass is 16.3. The van der Waals surface area contributed by atoms with Crippen molar-refractivity contribution in [1.29, 1.82) is 0 Å². The Morgan fingerprint density at radius 3 is 2.65 bits per heavy atom. The number of nitrogens with zero attached hydrogens (tertiary/aromatic N) is 2. The highest BCUT2D eigenvalue weighted by Crippen LogP contribution is 2.31. The third-order valence-electron chi connectivity index (χ3n) is 4.74. The molecule has 3 aliphatic rings. The van der Waals surface area contributed by atoms with Gasteiger partial charge in [0.2, 0.25) is 11.8 Å². The van der Waals surface area contributed by atoms with Gasteiger partial charge in [-0.15, -0.1) is 0 Å². The number of nitrogens with one attached hydrogen (secondary N) is 1. The van der Waals surface area contributed by atoms with Gasteiger partial charge in [0, 0.05) is 37.3 Å². The average Bonchev–Trinajstić information content (AvgIpc) is 2.81. The predicted octanol–water partition coefficient (Wildman–Crippen LogP) is -0.372. The van der Waals surface area contributed by atoms with Crippen molar-refractivity contribution < 1.29 is 19.5 Å². The third-order valence-corrected chi connectivity index (χ3v) is 4.74. The van der Waals surface area contributed by atoms with E-state index in [9.17, 15) is 19.5 Å². The number of β-amino-alcohol motifs (C(OH)–C–C–N with tert-alkyl or cyclic N) is 1. The highest BCUT2D eigenvalue weighted by Gasteiger charge is 2.39. The van der Waals surface area contributed by atoms with Crippen molar-refractivity contribution in [1.82, 2.24) is 10.2 Å². The summed E-state index contributed by atoms with van der Waals surface area (Å²) in [5.74, 6) is -0.847. The summed E-state index contributed by atoms with van der Waals surface area (Å²) >= 11 is 0. The van der Waals surface area contributed by atoms with Crippen LogP contribution in [0, 0.1) is 0 Å². The van der Waals surface area contributed by atoms with E-state index in [1.54, 1.807) is 4.90 Å². The summed E-state index contributed by atoms with van der Waals surface area (Å²) in [6.45, 7) is 1.54. The van der Waals surface area contributed by atoms with Crippen molar-refractivity contribution in [3.8, 4) is 0 Å². The summed E-state index contributed by atoms with van der Waals surface area (Å²) in [7, 11) is 0. The molecule has 3 amide bonds. The SMILES string of the molecule is O=C1CCC(N2Cc3ccc(N4CC(O)C4)cc3C2=O)C(=O)N1. The van der Waals surface area contributed by atoms with Crippen LogP contribution in [-0.4, -0.2) is 53.0 Å². The molecule has 7 nitrogen and oxygen atoms in total. The summed E-state index contributed by atoms with van der Waals surface area (Å²) in [5.41, 5.74) is 2.41. The van der Waals surface area contributed by atoms with Crippen LogP contribution < -0.4 is 10.2 Å². The molecule has 120 valence electrons. The zero-order valence-corrected chi connectivity index (χ0v) is 12.5. The average molecular weight is 315 g/mol. The summed E-state index contributed by atoms with van der Waals surface area (Å²) in [5, 5.41) is 11.7. The van der Waals surface area contributed by atoms with Gasteiger partial charge in [-0.1, -0.05) is 6.07 Å². The second-order valence-electron chi connectivity index (χ2n) is 6.30. The molecule has 1 atom stereocenters. The molecule has 4 rings (SSSR count). The molecule has 0 aliphatic carbocycles. The topological polar surface area (TPSA) is 90.0 Å². The maximum absolute atomic E-state index is 12.7. The number of aliphatic hydroxyl groups excluding tert-OH is 1. The largest absolute Gasteiger partial charge is 0.389 e. The standard InChI is InChI=1S/C16H17N3O4/c20-11-7-18(8-11)10-2-1-9-6-19(16(23)12(9)5-10)13-3-4-14(21)17-15(13)22/h1-2,5,11,13,20H,3-4,6-8H2,(H,17,21,22). The number of hydrogen-bond acceptors (Lipinski definition) is 5. The van der Waals surface area contributed by atoms with Crippen LogP contribution >= 0.6 is 0 Å². The zero-order chi connectivity index (χ0) is 16.1. The molecule has 3 aliphatic heterocycles. The van der Waals surface area contributed by atoms with Crippen LogP contribution in [0.5, 0.6) is 0 Å². The number of fused-ring (bicyclic) bond motifs is 1. The van der Waals surface area contributed by atoms with Crippen LogP contribution in [0.3, 0.4) is 0 Å². The van der Waals surface area contributed by atoms with Crippen LogP contribution in [0.4, 0.5) is 5.69 Å². The Bertz CT molecular complexity index is 711. The molecule has 23 heavy (non-hydrogen) atoms. The van der Waals surface area contributed by atoms with Gasteiger partial charge in [-0.3, -0.25) is 19.7 Å². The van der Waals surface area contributed by atoms with Crippen LogP contribution in [0.15, 0.2) is 18.2 Å². The Morgan fingerprint density at radius 1 is 1.17 bits per heavy atom. The first-order valence-corrected chi connectivity index (χ1v) is 7.73. The number of carbonyl (C=O) groups is 3. The van der Waals surface area contributed by atoms with Crippen LogP contribution in [0.2, 0.25) is 0 Å². The van der Waals surface area contributed by atoms with E-state index in [0.29, 0.717) is 31.6 Å². The molecular weight excluding hydrogens is 298 g/mol. The maximum Gasteiger partial charge on any atom is 0.255 e. The Balaban J connectivity index is 1.56. The minimum atomic E-state index is -0.582. The van der Waals surface area contributed by atoms with Gasteiger partial charge in [-0.05, 0) is 24.1 Å². The minimum Gasteiger partial charge on any atom is -0.389 e. The molecule has 1 aromatic carbocycles. The van der Waals surface area contributed by atoms with Crippen molar-refractivity contribution in [2.24, 2.45) is 0 Å². The first-order chi connectivity index (χ1) is 11.0. The lowest BCUT2D eigenvalue weighted by atomic mass is 10.0. The number of hydrogen-bond donors (Lipinski definition) is 2. The Morgan fingerprint density at radius 2 is 1.96 bits per heavy atom. The number of imide groups is 1. The molecule has 7 heteroatoms. The normalized spacial score (nSPS) is 24.6.